The Morgan fingerprint density at radius 3 is 2.62 bits per heavy atom. The van der Waals surface area contributed by atoms with E-state index in [1.807, 2.05) is 0 Å². The number of fused-ring (bicyclic) bond motifs is 2. The van der Waals surface area contributed by atoms with E-state index in [0.717, 1.165) is 5.92 Å². The normalized spacial score (nSPS) is 58.7. The highest BCUT2D eigenvalue weighted by Gasteiger charge is 2.50. The molecule has 2 heterocycles. The van der Waals surface area contributed by atoms with Crippen molar-refractivity contribution in [1.29, 1.82) is 0 Å². The Bertz CT molecular complexity index is 303. The van der Waals surface area contributed by atoms with E-state index in [0.29, 0.717) is 29.8 Å². The highest BCUT2D eigenvalue weighted by atomic mass is 16.6. The Balaban J connectivity index is 1.37. The summed E-state index contributed by atoms with van der Waals surface area (Å²) < 4.78 is 11.3. The van der Waals surface area contributed by atoms with Crippen molar-refractivity contribution >= 4 is 0 Å². The molecule has 0 bridgehead atoms. The summed E-state index contributed by atoms with van der Waals surface area (Å²) in [6.07, 6.45) is 12.1. The Labute approximate surface area is 97.7 Å². The van der Waals surface area contributed by atoms with Crippen LogP contribution >= 0.6 is 0 Å². The number of hydrogen-bond donors (Lipinski definition) is 0. The van der Waals surface area contributed by atoms with Crippen molar-refractivity contribution in [3.63, 3.8) is 0 Å². The van der Waals surface area contributed by atoms with E-state index < -0.39 is 0 Å². The quantitative estimate of drug-likeness (QED) is 0.671. The molecule has 4 fully saturated rings. The first kappa shape index (κ1) is 9.90. The topological polar surface area (TPSA) is 25.1 Å². The third kappa shape index (κ3) is 1.70. The van der Waals surface area contributed by atoms with Crippen molar-refractivity contribution < 1.29 is 9.47 Å². The molecular formula is C14H22O2. The van der Waals surface area contributed by atoms with Gasteiger partial charge in [0.1, 0.15) is 0 Å². The van der Waals surface area contributed by atoms with Crippen LogP contribution in [-0.4, -0.2) is 24.4 Å². The van der Waals surface area contributed by atoms with Crippen LogP contribution in [0.5, 0.6) is 0 Å². The Morgan fingerprint density at radius 1 is 1.00 bits per heavy atom. The molecule has 90 valence electrons. The molecule has 0 aromatic carbocycles. The predicted octanol–water partition coefficient (Wildman–Crippen LogP) is 2.90. The average Bonchev–Trinajstić information content (AvgIpc) is 3.08. The summed E-state index contributed by atoms with van der Waals surface area (Å²) >= 11 is 0. The molecule has 0 radical (unpaired) electrons. The fourth-order valence-electron chi connectivity index (χ4n) is 4.25. The van der Waals surface area contributed by atoms with E-state index >= 15 is 0 Å². The smallest absolute Gasteiger partial charge is 0.0847 e. The van der Waals surface area contributed by atoms with Gasteiger partial charge in [-0.15, -0.1) is 0 Å². The van der Waals surface area contributed by atoms with Gasteiger partial charge in [-0.1, -0.05) is 6.92 Å². The van der Waals surface area contributed by atoms with Gasteiger partial charge in [-0.2, -0.15) is 0 Å². The SMILES string of the molecule is CC1(CC2CCC3OC3C2)CCC2OC2C1. The van der Waals surface area contributed by atoms with E-state index in [1.165, 1.54) is 44.9 Å². The molecule has 2 nitrogen and oxygen atoms in total. The van der Waals surface area contributed by atoms with Crippen LogP contribution in [0.15, 0.2) is 0 Å². The summed E-state index contributed by atoms with van der Waals surface area (Å²) in [4.78, 5) is 0. The summed E-state index contributed by atoms with van der Waals surface area (Å²) in [6, 6.07) is 0. The molecule has 0 amide bonds. The van der Waals surface area contributed by atoms with Crippen LogP contribution < -0.4 is 0 Å². The van der Waals surface area contributed by atoms with E-state index in [9.17, 15) is 0 Å². The van der Waals surface area contributed by atoms with Crippen molar-refractivity contribution in [1.82, 2.24) is 0 Å². The van der Waals surface area contributed by atoms with Crippen LogP contribution in [0.3, 0.4) is 0 Å². The minimum absolute atomic E-state index is 0.573. The summed E-state index contributed by atoms with van der Waals surface area (Å²) in [5.41, 5.74) is 0.573. The molecule has 2 heteroatoms. The summed E-state index contributed by atoms with van der Waals surface area (Å²) in [5, 5.41) is 0. The first-order valence-electron chi connectivity index (χ1n) is 7.03. The van der Waals surface area contributed by atoms with Crippen LogP contribution in [0.2, 0.25) is 0 Å². The van der Waals surface area contributed by atoms with Gasteiger partial charge in [-0.25, -0.2) is 0 Å². The lowest BCUT2D eigenvalue weighted by atomic mass is 9.68. The van der Waals surface area contributed by atoms with E-state index in [2.05, 4.69) is 6.92 Å². The molecule has 2 aliphatic carbocycles. The maximum absolute atomic E-state index is 5.67. The van der Waals surface area contributed by atoms with Crippen molar-refractivity contribution in [2.75, 3.05) is 0 Å². The van der Waals surface area contributed by atoms with Crippen molar-refractivity contribution in [2.45, 2.75) is 76.3 Å². The first-order chi connectivity index (χ1) is 7.72. The van der Waals surface area contributed by atoms with Gasteiger partial charge in [0.05, 0.1) is 24.4 Å². The maximum Gasteiger partial charge on any atom is 0.0847 e. The Morgan fingerprint density at radius 2 is 1.81 bits per heavy atom. The third-order valence-corrected chi connectivity index (χ3v) is 5.31. The molecule has 6 unspecified atom stereocenters. The zero-order valence-corrected chi connectivity index (χ0v) is 10.2. The molecule has 4 aliphatic rings. The monoisotopic (exact) mass is 222 g/mol. The van der Waals surface area contributed by atoms with E-state index in [-0.39, 0.29) is 0 Å². The molecule has 2 aliphatic heterocycles. The molecule has 0 N–H and O–H groups in total. The lowest BCUT2D eigenvalue weighted by molar-refractivity contribution is 0.161. The lowest BCUT2D eigenvalue weighted by Gasteiger charge is -2.35. The largest absolute Gasteiger partial charge is 0.370 e. The predicted molar refractivity (Wildman–Crippen MR) is 61.2 cm³/mol. The molecule has 4 rings (SSSR count). The van der Waals surface area contributed by atoms with Crippen LogP contribution in [0.25, 0.3) is 0 Å². The van der Waals surface area contributed by atoms with Gasteiger partial charge in [-0.3, -0.25) is 0 Å². The van der Waals surface area contributed by atoms with E-state index in [1.54, 1.807) is 0 Å². The fraction of sp³-hybridized carbons (Fsp3) is 1.00. The number of hydrogen-bond acceptors (Lipinski definition) is 2. The molecule has 0 aromatic rings. The zero-order valence-electron chi connectivity index (χ0n) is 10.2. The van der Waals surface area contributed by atoms with Gasteiger partial charge >= 0.3 is 0 Å². The van der Waals surface area contributed by atoms with Crippen LogP contribution in [0.1, 0.15) is 51.9 Å². The highest BCUT2D eigenvalue weighted by Crippen LogP contribution is 2.51. The minimum atomic E-state index is 0.573. The summed E-state index contributed by atoms with van der Waals surface area (Å²) in [6.45, 7) is 2.49. The molecule has 0 spiro atoms. The Hall–Kier alpha value is -0.0800. The van der Waals surface area contributed by atoms with Crippen molar-refractivity contribution in [3.8, 4) is 0 Å². The molecule has 6 atom stereocenters. The van der Waals surface area contributed by atoms with Crippen LogP contribution in [0, 0.1) is 11.3 Å². The minimum Gasteiger partial charge on any atom is -0.370 e. The molecule has 2 saturated heterocycles. The number of rotatable bonds is 2. The van der Waals surface area contributed by atoms with Gasteiger partial charge in [-0.05, 0) is 56.3 Å². The maximum atomic E-state index is 5.67. The second-order valence-corrected chi connectivity index (χ2v) is 6.86. The fourth-order valence-corrected chi connectivity index (χ4v) is 4.25. The second kappa shape index (κ2) is 3.23. The lowest BCUT2D eigenvalue weighted by Crippen LogP contribution is -2.29. The number of ether oxygens (including phenoxy) is 2. The van der Waals surface area contributed by atoms with Crippen molar-refractivity contribution in [2.24, 2.45) is 11.3 Å². The first-order valence-corrected chi connectivity index (χ1v) is 7.03. The number of epoxide rings is 2. The Kier molecular flexibility index (Phi) is 2.00. The summed E-state index contributed by atoms with van der Waals surface area (Å²) in [5.74, 6) is 0.934. The van der Waals surface area contributed by atoms with Gasteiger partial charge in [0, 0.05) is 0 Å². The van der Waals surface area contributed by atoms with Gasteiger partial charge in [0.2, 0.25) is 0 Å². The summed E-state index contributed by atoms with van der Waals surface area (Å²) in [7, 11) is 0. The highest BCUT2D eigenvalue weighted by molar-refractivity contribution is 4.99. The molecule has 2 saturated carbocycles. The molecular weight excluding hydrogens is 200 g/mol. The van der Waals surface area contributed by atoms with Crippen molar-refractivity contribution in [3.05, 3.63) is 0 Å². The van der Waals surface area contributed by atoms with E-state index in [4.69, 9.17) is 9.47 Å². The standard InChI is InChI=1S/C14H22O2/c1-14(5-4-11-13(8-14)16-11)7-9-2-3-10-12(6-9)15-10/h9-13H,2-8H2,1H3. The second-order valence-electron chi connectivity index (χ2n) is 6.86. The average molecular weight is 222 g/mol. The molecule has 0 aromatic heterocycles. The van der Waals surface area contributed by atoms with Gasteiger partial charge in [0.25, 0.3) is 0 Å². The van der Waals surface area contributed by atoms with Crippen LogP contribution in [-0.2, 0) is 9.47 Å². The van der Waals surface area contributed by atoms with Gasteiger partial charge in [0.15, 0.2) is 0 Å². The molecule has 16 heavy (non-hydrogen) atoms. The third-order valence-electron chi connectivity index (χ3n) is 5.31. The van der Waals surface area contributed by atoms with Gasteiger partial charge < -0.3 is 9.47 Å². The zero-order chi connectivity index (χ0) is 10.8. The van der Waals surface area contributed by atoms with Crippen LogP contribution in [0.4, 0.5) is 0 Å².